The minimum absolute atomic E-state index is 0.157. The summed E-state index contributed by atoms with van der Waals surface area (Å²) in [4.78, 5) is 30.7. The number of benzene rings is 3. The summed E-state index contributed by atoms with van der Waals surface area (Å²) in [5.41, 5.74) is 3.16. The van der Waals surface area contributed by atoms with Crippen molar-refractivity contribution in [1.82, 2.24) is 0 Å². The van der Waals surface area contributed by atoms with Crippen LogP contribution in [0.25, 0.3) is 6.08 Å². The van der Waals surface area contributed by atoms with E-state index in [9.17, 15) is 14.7 Å². The Hall–Kier alpha value is -4.19. The van der Waals surface area contributed by atoms with Gasteiger partial charge in [-0.15, -0.1) is 0 Å². The number of hydrogen-bond donors (Lipinski definition) is 2. The van der Waals surface area contributed by atoms with Gasteiger partial charge in [0.25, 0.3) is 5.91 Å². The van der Waals surface area contributed by atoms with Crippen LogP contribution in [0.5, 0.6) is 5.75 Å². The quantitative estimate of drug-likeness (QED) is 0.648. The zero-order valence-electron chi connectivity index (χ0n) is 16.2. The highest BCUT2D eigenvalue weighted by Gasteiger charge is 2.32. The molecule has 0 atom stereocenters. The molecule has 148 valence electrons. The molecule has 6 heteroatoms. The first-order valence-electron chi connectivity index (χ1n) is 9.38. The summed E-state index contributed by atoms with van der Waals surface area (Å²) in [7, 11) is 0. The van der Waals surface area contributed by atoms with E-state index in [0.29, 0.717) is 22.9 Å². The van der Waals surface area contributed by atoms with Crippen molar-refractivity contribution in [3.63, 3.8) is 0 Å². The van der Waals surface area contributed by atoms with Crippen molar-refractivity contribution in [3.8, 4) is 5.75 Å². The summed E-state index contributed by atoms with van der Waals surface area (Å²) in [6, 6.07) is 23.1. The molecule has 0 aliphatic carbocycles. The normalized spacial score (nSPS) is 14.7. The predicted octanol–water partition coefficient (Wildman–Crippen LogP) is 4.19. The molecule has 30 heavy (non-hydrogen) atoms. The Kier molecular flexibility index (Phi) is 5.13. The fourth-order valence-corrected chi connectivity index (χ4v) is 3.16. The van der Waals surface area contributed by atoms with Gasteiger partial charge in [0.05, 0.1) is 5.69 Å². The molecule has 0 unspecified atom stereocenters. The molecular formula is C24H19N3O3. The van der Waals surface area contributed by atoms with Crippen LogP contribution in [0.1, 0.15) is 18.1 Å². The third kappa shape index (κ3) is 3.98. The number of amidine groups is 1. The van der Waals surface area contributed by atoms with Gasteiger partial charge in [-0.25, -0.2) is 4.99 Å². The molecule has 0 fully saturated rings. The standard InChI is InChI=1S/C24H19N3O3/c1-16(28)25-19-9-11-20(12-10-19)27-23(18-5-3-2-4-6-18)26-22(24(27)30)15-17-7-13-21(29)14-8-17/h2-15,29H,1H3,(H,25,28)/b22-15-. The van der Waals surface area contributed by atoms with Gasteiger partial charge in [-0.05, 0) is 48.0 Å². The largest absolute Gasteiger partial charge is 0.508 e. The third-order valence-electron chi connectivity index (χ3n) is 4.53. The SMILES string of the molecule is CC(=O)Nc1ccc(N2C(=O)/C(=C/c3ccc(O)cc3)N=C2c2ccccc2)cc1. The molecule has 0 saturated heterocycles. The van der Waals surface area contributed by atoms with Gasteiger partial charge >= 0.3 is 0 Å². The van der Waals surface area contributed by atoms with Crippen LogP contribution < -0.4 is 10.2 Å². The highest BCUT2D eigenvalue weighted by Crippen LogP contribution is 2.29. The minimum Gasteiger partial charge on any atom is -0.508 e. The van der Waals surface area contributed by atoms with Gasteiger partial charge in [-0.2, -0.15) is 0 Å². The Labute approximate surface area is 173 Å². The first kappa shape index (κ1) is 19.1. The summed E-state index contributed by atoms with van der Waals surface area (Å²) in [6.45, 7) is 1.44. The van der Waals surface area contributed by atoms with Crippen molar-refractivity contribution in [2.24, 2.45) is 4.99 Å². The number of rotatable bonds is 4. The number of amides is 2. The van der Waals surface area contributed by atoms with Crippen LogP contribution in [0, 0.1) is 0 Å². The van der Waals surface area contributed by atoms with Gasteiger partial charge in [-0.1, -0.05) is 42.5 Å². The molecule has 0 spiro atoms. The maximum Gasteiger partial charge on any atom is 0.282 e. The summed E-state index contributed by atoms with van der Waals surface area (Å²) < 4.78 is 0. The van der Waals surface area contributed by atoms with Crippen LogP contribution in [0.2, 0.25) is 0 Å². The molecule has 6 nitrogen and oxygen atoms in total. The number of nitrogens with one attached hydrogen (secondary N) is 1. The number of phenolic OH excluding ortho intramolecular Hbond substituents is 1. The van der Waals surface area contributed by atoms with E-state index in [2.05, 4.69) is 10.3 Å². The lowest BCUT2D eigenvalue weighted by Crippen LogP contribution is -2.32. The fraction of sp³-hybridized carbons (Fsp3) is 0.0417. The molecule has 1 aliphatic rings. The van der Waals surface area contributed by atoms with Gasteiger partial charge in [0.1, 0.15) is 17.3 Å². The van der Waals surface area contributed by atoms with Crippen LogP contribution in [-0.4, -0.2) is 22.8 Å². The van der Waals surface area contributed by atoms with Crippen molar-refractivity contribution in [1.29, 1.82) is 0 Å². The Morgan fingerprint density at radius 3 is 2.27 bits per heavy atom. The van der Waals surface area contributed by atoms with E-state index in [4.69, 9.17) is 0 Å². The highest BCUT2D eigenvalue weighted by molar-refractivity contribution is 6.33. The van der Waals surface area contributed by atoms with E-state index < -0.39 is 0 Å². The second-order valence-corrected chi connectivity index (χ2v) is 6.79. The molecule has 3 aromatic rings. The minimum atomic E-state index is -0.255. The zero-order chi connectivity index (χ0) is 21.1. The van der Waals surface area contributed by atoms with Crippen LogP contribution in [0.4, 0.5) is 11.4 Å². The van der Waals surface area contributed by atoms with Gasteiger partial charge < -0.3 is 10.4 Å². The maximum atomic E-state index is 13.2. The lowest BCUT2D eigenvalue weighted by molar-refractivity contribution is -0.114. The molecule has 0 aromatic heterocycles. The summed E-state index contributed by atoms with van der Waals surface area (Å²) in [5.74, 6) is 0.266. The average Bonchev–Trinajstić information content (AvgIpc) is 3.07. The second kappa shape index (κ2) is 8.05. The number of carbonyl (C=O) groups is 2. The van der Waals surface area contributed by atoms with Crippen LogP contribution in [0.3, 0.4) is 0 Å². The molecule has 0 saturated carbocycles. The van der Waals surface area contributed by atoms with Crippen LogP contribution >= 0.6 is 0 Å². The topological polar surface area (TPSA) is 82.0 Å². The second-order valence-electron chi connectivity index (χ2n) is 6.79. The lowest BCUT2D eigenvalue weighted by atomic mass is 10.1. The number of aromatic hydroxyl groups is 1. The van der Waals surface area contributed by atoms with Gasteiger partial charge in [0.15, 0.2) is 0 Å². The first-order chi connectivity index (χ1) is 14.5. The van der Waals surface area contributed by atoms with E-state index in [1.165, 1.54) is 6.92 Å². The monoisotopic (exact) mass is 397 g/mol. The van der Waals surface area contributed by atoms with Crippen molar-refractivity contribution < 1.29 is 14.7 Å². The predicted molar refractivity (Wildman–Crippen MR) is 117 cm³/mol. The molecule has 2 amide bonds. The summed E-state index contributed by atoms with van der Waals surface area (Å²) in [6.07, 6.45) is 1.69. The molecule has 1 aliphatic heterocycles. The van der Waals surface area contributed by atoms with E-state index >= 15 is 0 Å². The number of carbonyl (C=O) groups excluding carboxylic acids is 2. The smallest absolute Gasteiger partial charge is 0.282 e. The van der Waals surface area contributed by atoms with Gasteiger partial charge in [0.2, 0.25) is 5.91 Å². The number of nitrogens with zero attached hydrogens (tertiary/aromatic N) is 2. The molecule has 4 rings (SSSR count). The Balaban J connectivity index is 1.74. The zero-order valence-corrected chi connectivity index (χ0v) is 16.2. The molecule has 2 N–H and O–H groups in total. The number of phenols is 1. The molecule has 1 heterocycles. The lowest BCUT2D eigenvalue weighted by Gasteiger charge is -2.19. The van der Waals surface area contributed by atoms with Crippen molar-refractivity contribution in [2.45, 2.75) is 6.92 Å². The van der Waals surface area contributed by atoms with E-state index in [-0.39, 0.29) is 17.6 Å². The van der Waals surface area contributed by atoms with Gasteiger partial charge in [-0.3, -0.25) is 14.5 Å². The third-order valence-corrected chi connectivity index (χ3v) is 4.53. The van der Waals surface area contributed by atoms with E-state index in [1.807, 2.05) is 30.3 Å². The first-order valence-corrected chi connectivity index (χ1v) is 9.38. The maximum absolute atomic E-state index is 13.2. The van der Waals surface area contributed by atoms with Gasteiger partial charge in [0, 0.05) is 18.2 Å². The van der Waals surface area contributed by atoms with Crippen molar-refractivity contribution in [3.05, 3.63) is 95.7 Å². The van der Waals surface area contributed by atoms with Crippen molar-refractivity contribution in [2.75, 3.05) is 10.2 Å². The van der Waals surface area contributed by atoms with Crippen molar-refractivity contribution >= 4 is 35.1 Å². The fourth-order valence-electron chi connectivity index (χ4n) is 3.16. The number of aliphatic imine (C=N–C) groups is 1. The molecule has 0 radical (unpaired) electrons. The Morgan fingerprint density at radius 1 is 0.967 bits per heavy atom. The molecule has 3 aromatic carbocycles. The number of anilines is 2. The Bertz CT molecular complexity index is 1150. The molecule has 0 bridgehead atoms. The summed E-state index contributed by atoms with van der Waals surface area (Å²) in [5, 5.41) is 12.2. The highest BCUT2D eigenvalue weighted by atomic mass is 16.3. The van der Waals surface area contributed by atoms with E-state index in [0.717, 1.165) is 11.1 Å². The van der Waals surface area contributed by atoms with Crippen LogP contribution in [-0.2, 0) is 9.59 Å². The van der Waals surface area contributed by atoms with E-state index in [1.54, 1.807) is 59.5 Å². The average molecular weight is 397 g/mol. The van der Waals surface area contributed by atoms with Crippen LogP contribution in [0.15, 0.2) is 89.6 Å². The molecular weight excluding hydrogens is 378 g/mol. The Morgan fingerprint density at radius 2 is 1.63 bits per heavy atom. The summed E-state index contributed by atoms with van der Waals surface area (Å²) >= 11 is 0. The number of hydrogen-bond acceptors (Lipinski definition) is 4.